The summed E-state index contributed by atoms with van der Waals surface area (Å²) in [5.74, 6) is 2.17. The van der Waals surface area contributed by atoms with Crippen LogP contribution in [-0.4, -0.2) is 36.3 Å². The van der Waals surface area contributed by atoms with Crippen molar-refractivity contribution in [3.8, 4) is 0 Å². The van der Waals surface area contributed by atoms with Crippen LogP contribution in [0, 0.1) is 28.6 Å². The van der Waals surface area contributed by atoms with Gasteiger partial charge in [0, 0.05) is 11.8 Å². The highest BCUT2D eigenvalue weighted by atomic mass is 16.6. The maximum absolute atomic E-state index is 12.1. The molecule has 0 amide bonds. The average molecular weight is 434 g/mol. The molecule has 1 saturated heterocycles. The van der Waals surface area contributed by atoms with Gasteiger partial charge in [0.25, 0.3) is 0 Å². The average Bonchev–Trinajstić information content (AvgIpc) is 3.09. The van der Waals surface area contributed by atoms with E-state index in [1.807, 2.05) is 24.3 Å². The van der Waals surface area contributed by atoms with E-state index in [0.717, 1.165) is 44.0 Å². The van der Waals surface area contributed by atoms with Gasteiger partial charge in [-0.05, 0) is 79.7 Å². The van der Waals surface area contributed by atoms with Gasteiger partial charge < -0.3 is 14.4 Å². The summed E-state index contributed by atoms with van der Waals surface area (Å²) in [5.41, 5.74) is 2.03. The van der Waals surface area contributed by atoms with Gasteiger partial charge in [0.1, 0.15) is 6.10 Å². The van der Waals surface area contributed by atoms with Gasteiger partial charge in [-0.3, -0.25) is 4.79 Å². The number of aliphatic hydroxyl groups excluding tert-OH is 1. The van der Waals surface area contributed by atoms with E-state index in [0.29, 0.717) is 36.6 Å². The van der Waals surface area contributed by atoms with Crippen molar-refractivity contribution >= 4 is 18.4 Å². The van der Waals surface area contributed by atoms with Crippen LogP contribution in [0.4, 0.5) is 0 Å². The number of carbonyl (C=O) groups is 1. The first kappa shape index (κ1) is 21.1. The van der Waals surface area contributed by atoms with Gasteiger partial charge in [-0.1, -0.05) is 49.8 Å². The molecule has 1 aliphatic heterocycles. The fourth-order valence-corrected chi connectivity index (χ4v) is 8.72. The van der Waals surface area contributed by atoms with E-state index in [-0.39, 0.29) is 10.8 Å². The first-order valence-electron chi connectivity index (χ1n) is 12.6. The molecular weight excluding hydrogens is 399 g/mol. The van der Waals surface area contributed by atoms with Crippen molar-refractivity contribution in [2.45, 2.75) is 76.9 Å². The highest BCUT2D eigenvalue weighted by Crippen LogP contribution is 2.69. The van der Waals surface area contributed by atoms with Gasteiger partial charge in [-0.2, -0.15) is 0 Å². The molecule has 7 unspecified atom stereocenters. The Morgan fingerprint density at radius 1 is 1.00 bits per heavy atom. The van der Waals surface area contributed by atoms with Crippen LogP contribution in [0.25, 0.3) is 0 Å². The van der Waals surface area contributed by atoms with Crippen LogP contribution in [0.15, 0.2) is 42.0 Å². The van der Waals surface area contributed by atoms with Crippen molar-refractivity contribution < 1.29 is 19.2 Å². The second-order valence-corrected chi connectivity index (χ2v) is 11.6. The largest absolute Gasteiger partial charge is 0.494 e. The first-order chi connectivity index (χ1) is 15.4. The molecule has 4 fully saturated rings. The molecule has 1 aromatic rings. The molecule has 5 heteroatoms. The van der Waals surface area contributed by atoms with Gasteiger partial charge in [-0.25, -0.2) is 0 Å². The Morgan fingerprint density at radius 2 is 1.78 bits per heavy atom. The summed E-state index contributed by atoms with van der Waals surface area (Å²) in [4.78, 5) is 12.1. The summed E-state index contributed by atoms with van der Waals surface area (Å²) in [6.07, 6.45) is 9.60. The molecule has 6 rings (SSSR count). The third kappa shape index (κ3) is 2.77. The molecule has 4 nitrogen and oxygen atoms in total. The molecule has 1 heterocycles. The summed E-state index contributed by atoms with van der Waals surface area (Å²) < 4.78 is 12.8. The van der Waals surface area contributed by atoms with Gasteiger partial charge in [0.2, 0.25) is 0 Å². The Kier molecular flexibility index (Phi) is 4.81. The zero-order valence-electron chi connectivity index (χ0n) is 19.4. The quantitative estimate of drug-likeness (QED) is 0.678. The van der Waals surface area contributed by atoms with Crippen molar-refractivity contribution in [2.24, 2.45) is 28.6 Å². The second-order valence-electron chi connectivity index (χ2n) is 11.6. The van der Waals surface area contributed by atoms with Crippen molar-refractivity contribution in [2.75, 3.05) is 6.61 Å². The highest BCUT2D eigenvalue weighted by molar-refractivity contribution is 6.61. The standard InChI is InChI=1S/C27H35BO4/c1-25-13-10-20(29)16-18(25)8-9-21-22(25)11-14-26(2)23(21)12-15-27(26)24(30)17-31-28(32-27)19-6-4-3-5-7-19/h3-7,16,21-24,30H,8-15,17H2,1-2H3. The number of hydrogen-bond donors (Lipinski definition) is 1. The number of hydrogen-bond acceptors (Lipinski definition) is 4. The molecule has 0 aromatic heterocycles. The first-order valence-corrected chi connectivity index (χ1v) is 12.6. The molecule has 4 aliphatic carbocycles. The van der Waals surface area contributed by atoms with Crippen molar-refractivity contribution in [3.05, 3.63) is 42.0 Å². The Hall–Kier alpha value is -1.43. The minimum absolute atomic E-state index is 0.0491. The van der Waals surface area contributed by atoms with Crippen molar-refractivity contribution in [1.29, 1.82) is 0 Å². The van der Waals surface area contributed by atoms with Crippen molar-refractivity contribution in [1.82, 2.24) is 0 Å². The maximum atomic E-state index is 12.1. The molecule has 32 heavy (non-hydrogen) atoms. The molecule has 0 radical (unpaired) electrons. The monoisotopic (exact) mass is 434 g/mol. The fraction of sp³-hybridized carbons (Fsp3) is 0.667. The molecule has 1 spiro atoms. The van der Waals surface area contributed by atoms with E-state index < -0.39 is 18.8 Å². The third-order valence-corrected chi connectivity index (χ3v) is 10.5. The molecular formula is C27H35BO4. The highest BCUT2D eigenvalue weighted by Gasteiger charge is 2.68. The molecule has 7 atom stereocenters. The van der Waals surface area contributed by atoms with Gasteiger partial charge in [0.15, 0.2) is 5.78 Å². The summed E-state index contributed by atoms with van der Waals surface area (Å²) >= 11 is 0. The molecule has 3 saturated carbocycles. The van der Waals surface area contributed by atoms with Crippen LogP contribution in [-0.2, 0) is 14.1 Å². The van der Waals surface area contributed by atoms with Crippen LogP contribution in [0.1, 0.15) is 65.2 Å². The summed E-state index contributed by atoms with van der Waals surface area (Å²) in [6, 6.07) is 10.2. The predicted molar refractivity (Wildman–Crippen MR) is 124 cm³/mol. The number of benzene rings is 1. The van der Waals surface area contributed by atoms with Crippen LogP contribution in [0.5, 0.6) is 0 Å². The zero-order valence-corrected chi connectivity index (χ0v) is 19.4. The van der Waals surface area contributed by atoms with Gasteiger partial charge in [-0.15, -0.1) is 0 Å². The lowest BCUT2D eigenvalue weighted by Crippen LogP contribution is -2.66. The smallest absolute Gasteiger partial charge is 0.404 e. The van der Waals surface area contributed by atoms with Gasteiger partial charge in [0.05, 0.1) is 12.2 Å². The number of carbonyl (C=O) groups excluding carboxylic acids is 1. The Morgan fingerprint density at radius 3 is 2.59 bits per heavy atom. The minimum atomic E-state index is -0.587. The third-order valence-electron chi connectivity index (χ3n) is 10.5. The van der Waals surface area contributed by atoms with E-state index in [1.165, 1.54) is 12.0 Å². The molecule has 1 N–H and O–H groups in total. The van der Waals surface area contributed by atoms with Gasteiger partial charge >= 0.3 is 7.12 Å². The van der Waals surface area contributed by atoms with Crippen LogP contribution in [0.3, 0.4) is 0 Å². The lowest BCUT2D eigenvalue weighted by molar-refractivity contribution is -0.195. The maximum Gasteiger partial charge on any atom is 0.494 e. The number of aliphatic hydroxyl groups is 1. The lowest BCUT2D eigenvalue weighted by atomic mass is 9.46. The fourth-order valence-electron chi connectivity index (χ4n) is 8.72. The Labute approximate surface area is 191 Å². The number of ketones is 1. The summed E-state index contributed by atoms with van der Waals surface area (Å²) in [6.45, 7) is 5.17. The second kappa shape index (κ2) is 7.28. The van der Waals surface area contributed by atoms with Crippen LogP contribution >= 0.6 is 0 Å². The van der Waals surface area contributed by atoms with Crippen molar-refractivity contribution in [3.63, 3.8) is 0 Å². The minimum Gasteiger partial charge on any atom is -0.404 e. The van der Waals surface area contributed by atoms with E-state index in [9.17, 15) is 9.90 Å². The molecule has 170 valence electrons. The molecule has 1 aromatic carbocycles. The SMILES string of the molecule is CC12CCC(=O)C=C1CCC1C2CCC2(C)C1CCC21OB(c2ccccc2)OCC1O. The van der Waals surface area contributed by atoms with E-state index in [4.69, 9.17) is 9.31 Å². The Bertz CT molecular complexity index is 946. The van der Waals surface area contributed by atoms with Crippen LogP contribution in [0.2, 0.25) is 0 Å². The lowest BCUT2D eigenvalue weighted by Gasteiger charge is -2.61. The van der Waals surface area contributed by atoms with Crippen LogP contribution < -0.4 is 5.46 Å². The predicted octanol–water partition coefficient (Wildman–Crippen LogP) is 4.06. The number of allylic oxidation sites excluding steroid dienone is 1. The summed E-state index contributed by atoms with van der Waals surface area (Å²) in [7, 11) is -0.407. The van der Waals surface area contributed by atoms with E-state index >= 15 is 0 Å². The molecule has 5 aliphatic rings. The van der Waals surface area contributed by atoms with E-state index in [2.05, 4.69) is 26.0 Å². The Balaban J connectivity index is 1.32. The number of rotatable bonds is 1. The normalized spacial score (nSPS) is 45.8. The number of fused-ring (bicyclic) bond motifs is 6. The zero-order chi connectivity index (χ0) is 22.1. The van der Waals surface area contributed by atoms with E-state index in [1.54, 1.807) is 0 Å². The topological polar surface area (TPSA) is 55.8 Å². The summed E-state index contributed by atoms with van der Waals surface area (Å²) in [5, 5.41) is 11.3. The molecule has 0 bridgehead atoms.